The van der Waals surface area contributed by atoms with Gasteiger partial charge < -0.3 is 10.6 Å². The van der Waals surface area contributed by atoms with E-state index in [0.717, 1.165) is 26.1 Å². The smallest absolute Gasteiger partial charge is 0.0274 e. The molecule has 1 aliphatic rings. The van der Waals surface area contributed by atoms with Gasteiger partial charge in [-0.1, -0.05) is 18.7 Å². The van der Waals surface area contributed by atoms with E-state index in [0.29, 0.717) is 0 Å². The van der Waals surface area contributed by atoms with Crippen LogP contribution in [0.3, 0.4) is 0 Å². The molecule has 2 heteroatoms. The largest absolute Gasteiger partial charge is 0.320 e. The van der Waals surface area contributed by atoms with Crippen LogP contribution in [0.25, 0.3) is 0 Å². The lowest BCUT2D eigenvalue weighted by molar-refractivity contribution is 0.401. The van der Waals surface area contributed by atoms with Crippen LogP contribution in [0, 0.1) is 5.41 Å². The Morgan fingerprint density at radius 3 is 3.15 bits per heavy atom. The Morgan fingerprint density at radius 2 is 2.62 bits per heavy atom. The first-order valence-corrected chi connectivity index (χ1v) is 4.73. The van der Waals surface area contributed by atoms with E-state index in [1.165, 1.54) is 0 Å². The first kappa shape index (κ1) is 10.3. The molecule has 0 spiro atoms. The number of hydrogen-bond donors (Lipinski definition) is 2. The summed E-state index contributed by atoms with van der Waals surface area (Å²) in [6.07, 6.45) is 7.59. The molecule has 0 bridgehead atoms. The average Bonchev–Trinajstić information content (AvgIpc) is 2.17. The molecule has 1 rings (SSSR count). The van der Waals surface area contributed by atoms with Gasteiger partial charge in [0, 0.05) is 18.5 Å². The molecule has 1 aliphatic heterocycles. The molecule has 2 N–H and O–H groups in total. The molecule has 72 valence electrons. The highest BCUT2D eigenvalue weighted by Gasteiger charge is 2.24. The Hall–Kier alpha value is -0.820. The summed E-state index contributed by atoms with van der Waals surface area (Å²) in [6, 6.07) is 0. The zero-order chi connectivity index (χ0) is 9.57. The van der Waals surface area contributed by atoms with E-state index in [9.17, 15) is 0 Å². The summed E-state index contributed by atoms with van der Waals surface area (Å²) >= 11 is 0. The Kier molecular flexibility index (Phi) is 3.97. The Balaban J connectivity index is 2.67. The van der Waals surface area contributed by atoms with Crippen LogP contribution in [-0.2, 0) is 0 Å². The maximum absolute atomic E-state index is 3.65. The summed E-state index contributed by atoms with van der Waals surface area (Å²) in [5.41, 5.74) is 3.02. The van der Waals surface area contributed by atoms with Gasteiger partial charge in [-0.25, -0.2) is 0 Å². The first-order chi connectivity index (χ1) is 6.33. The van der Waals surface area contributed by atoms with Crippen LogP contribution >= 0.6 is 0 Å². The van der Waals surface area contributed by atoms with Gasteiger partial charge in [0.15, 0.2) is 0 Å². The van der Waals surface area contributed by atoms with Gasteiger partial charge in [-0.15, -0.1) is 5.73 Å². The molecule has 0 aliphatic carbocycles. The SMILES string of the molecule is C=C=C[C@@]1(CCNC)C=CCNC1. The van der Waals surface area contributed by atoms with Crippen molar-refractivity contribution in [3.8, 4) is 0 Å². The first-order valence-electron chi connectivity index (χ1n) is 4.73. The molecule has 13 heavy (non-hydrogen) atoms. The van der Waals surface area contributed by atoms with Gasteiger partial charge in [-0.05, 0) is 26.1 Å². The highest BCUT2D eigenvalue weighted by Crippen LogP contribution is 2.26. The predicted molar refractivity (Wildman–Crippen MR) is 56.7 cm³/mol. The lowest BCUT2D eigenvalue weighted by Gasteiger charge is -2.29. The van der Waals surface area contributed by atoms with Crippen molar-refractivity contribution in [2.45, 2.75) is 6.42 Å². The number of nitrogens with one attached hydrogen (secondary N) is 2. The molecule has 1 atom stereocenters. The summed E-state index contributed by atoms with van der Waals surface area (Å²) in [6.45, 7) is 6.64. The fourth-order valence-corrected chi connectivity index (χ4v) is 1.64. The second-order valence-electron chi connectivity index (χ2n) is 3.47. The van der Waals surface area contributed by atoms with Crippen molar-refractivity contribution in [1.82, 2.24) is 10.6 Å². The predicted octanol–water partition coefficient (Wildman–Crippen LogP) is 1.08. The minimum atomic E-state index is 0.128. The van der Waals surface area contributed by atoms with Gasteiger partial charge in [0.1, 0.15) is 0 Å². The van der Waals surface area contributed by atoms with Gasteiger partial charge >= 0.3 is 0 Å². The van der Waals surface area contributed by atoms with Gasteiger partial charge in [0.05, 0.1) is 0 Å². The molecule has 0 saturated carbocycles. The van der Waals surface area contributed by atoms with E-state index in [-0.39, 0.29) is 5.41 Å². The van der Waals surface area contributed by atoms with E-state index in [2.05, 4.69) is 41.2 Å². The monoisotopic (exact) mass is 178 g/mol. The van der Waals surface area contributed by atoms with Gasteiger partial charge in [-0.2, -0.15) is 0 Å². The average molecular weight is 178 g/mol. The summed E-state index contributed by atoms with van der Waals surface area (Å²) in [5, 5.41) is 6.52. The summed E-state index contributed by atoms with van der Waals surface area (Å²) in [7, 11) is 1.98. The normalized spacial score (nSPS) is 26.8. The van der Waals surface area contributed by atoms with Crippen molar-refractivity contribution in [2.75, 3.05) is 26.7 Å². The van der Waals surface area contributed by atoms with E-state index >= 15 is 0 Å². The van der Waals surface area contributed by atoms with Crippen molar-refractivity contribution in [3.05, 3.63) is 30.5 Å². The van der Waals surface area contributed by atoms with Gasteiger partial charge in [0.25, 0.3) is 0 Å². The van der Waals surface area contributed by atoms with Crippen molar-refractivity contribution < 1.29 is 0 Å². The second kappa shape index (κ2) is 5.03. The molecule has 0 fully saturated rings. The maximum atomic E-state index is 3.65. The van der Waals surface area contributed by atoms with Crippen LogP contribution in [0.4, 0.5) is 0 Å². The fourth-order valence-electron chi connectivity index (χ4n) is 1.64. The van der Waals surface area contributed by atoms with Crippen molar-refractivity contribution in [3.63, 3.8) is 0 Å². The van der Waals surface area contributed by atoms with Crippen LogP contribution in [0.1, 0.15) is 6.42 Å². The minimum absolute atomic E-state index is 0.128. The van der Waals surface area contributed by atoms with Crippen molar-refractivity contribution in [2.24, 2.45) is 5.41 Å². The maximum Gasteiger partial charge on any atom is 0.0274 e. The topological polar surface area (TPSA) is 24.1 Å². The highest BCUT2D eigenvalue weighted by atomic mass is 14.9. The van der Waals surface area contributed by atoms with Crippen molar-refractivity contribution >= 4 is 0 Å². The van der Waals surface area contributed by atoms with E-state index < -0.39 is 0 Å². The van der Waals surface area contributed by atoms with Gasteiger partial charge in [0.2, 0.25) is 0 Å². The molecular weight excluding hydrogens is 160 g/mol. The molecular formula is C11H18N2. The quantitative estimate of drug-likeness (QED) is 0.497. The van der Waals surface area contributed by atoms with Crippen LogP contribution < -0.4 is 10.6 Å². The second-order valence-corrected chi connectivity index (χ2v) is 3.47. The van der Waals surface area contributed by atoms with Crippen LogP contribution in [-0.4, -0.2) is 26.7 Å². The zero-order valence-corrected chi connectivity index (χ0v) is 8.27. The van der Waals surface area contributed by atoms with Gasteiger partial charge in [-0.3, -0.25) is 0 Å². The summed E-state index contributed by atoms with van der Waals surface area (Å²) in [5.74, 6) is 0. The minimum Gasteiger partial charge on any atom is -0.320 e. The Morgan fingerprint density at radius 1 is 1.77 bits per heavy atom. The summed E-state index contributed by atoms with van der Waals surface area (Å²) in [4.78, 5) is 0. The fraction of sp³-hybridized carbons (Fsp3) is 0.545. The third-order valence-electron chi connectivity index (χ3n) is 2.40. The van der Waals surface area contributed by atoms with Crippen molar-refractivity contribution in [1.29, 1.82) is 0 Å². The third-order valence-corrected chi connectivity index (χ3v) is 2.40. The summed E-state index contributed by atoms with van der Waals surface area (Å²) < 4.78 is 0. The molecule has 1 heterocycles. The molecule has 0 saturated heterocycles. The van der Waals surface area contributed by atoms with Crippen LogP contribution in [0.15, 0.2) is 30.5 Å². The molecule has 0 aromatic carbocycles. The lowest BCUT2D eigenvalue weighted by Crippen LogP contribution is -2.36. The van der Waals surface area contributed by atoms with E-state index in [4.69, 9.17) is 0 Å². The van der Waals surface area contributed by atoms with Crippen LogP contribution in [0.2, 0.25) is 0 Å². The van der Waals surface area contributed by atoms with E-state index in [1.807, 2.05) is 7.05 Å². The molecule has 0 aromatic rings. The Bertz CT molecular complexity index is 226. The Labute approximate surface area is 80.4 Å². The standard InChI is InChI=1S/C11H18N2/c1-3-5-11(7-9-12-2)6-4-8-13-10-11/h4-6,12-13H,1,7-10H2,2H3/t11-/m0/s1. The molecule has 0 amide bonds. The zero-order valence-electron chi connectivity index (χ0n) is 8.27. The number of hydrogen-bond acceptors (Lipinski definition) is 2. The lowest BCUT2D eigenvalue weighted by atomic mass is 9.82. The molecule has 0 unspecified atom stereocenters. The molecule has 0 aromatic heterocycles. The highest BCUT2D eigenvalue weighted by molar-refractivity contribution is 5.15. The molecule has 0 radical (unpaired) electrons. The molecule has 2 nitrogen and oxygen atoms in total. The third kappa shape index (κ3) is 2.85. The van der Waals surface area contributed by atoms with Crippen LogP contribution in [0.5, 0.6) is 0 Å². The number of rotatable bonds is 4. The van der Waals surface area contributed by atoms with E-state index in [1.54, 1.807) is 0 Å².